The van der Waals surface area contributed by atoms with Crippen LogP contribution in [0.15, 0.2) is 4.99 Å². The van der Waals surface area contributed by atoms with Crippen molar-refractivity contribution in [1.82, 2.24) is 10.7 Å². The Morgan fingerprint density at radius 2 is 1.80 bits per heavy atom. The van der Waals surface area contributed by atoms with Gasteiger partial charge in [0.05, 0.1) is 6.04 Å². The van der Waals surface area contributed by atoms with Gasteiger partial charge >= 0.3 is 0 Å². The molecule has 2 fully saturated rings. The SMILES string of the molecule is CC1CCC(N=C(NN)NC2CC2)CC1. The fourth-order valence-corrected chi connectivity index (χ4v) is 2.09. The summed E-state index contributed by atoms with van der Waals surface area (Å²) in [6.45, 7) is 2.32. The largest absolute Gasteiger partial charge is 0.353 e. The highest BCUT2D eigenvalue weighted by Gasteiger charge is 2.23. The van der Waals surface area contributed by atoms with E-state index >= 15 is 0 Å². The molecule has 0 atom stereocenters. The maximum atomic E-state index is 5.45. The summed E-state index contributed by atoms with van der Waals surface area (Å²) in [5.74, 6) is 7.12. The Balaban J connectivity index is 1.82. The Hall–Kier alpha value is -0.770. The minimum Gasteiger partial charge on any atom is -0.353 e. The quantitative estimate of drug-likeness (QED) is 0.277. The van der Waals surface area contributed by atoms with Crippen molar-refractivity contribution < 1.29 is 0 Å². The molecule has 0 heterocycles. The predicted molar refractivity (Wildman–Crippen MR) is 62.3 cm³/mol. The number of hydrazine groups is 1. The molecule has 0 radical (unpaired) electrons. The first-order valence-corrected chi connectivity index (χ1v) is 6.09. The van der Waals surface area contributed by atoms with Crippen molar-refractivity contribution in [3.63, 3.8) is 0 Å². The van der Waals surface area contributed by atoms with E-state index in [-0.39, 0.29) is 0 Å². The minimum absolute atomic E-state index is 0.471. The van der Waals surface area contributed by atoms with Crippen LogP contribution in [0.3, 0.4) is 0 Å². The molecule has 0 unspecified atom stereocenters. The zero-order valence-corrected chi connectivity index (χ0v) is 9.50. The molecule has 86 valence electrons. The van der Waals surface area contributed by atoms with Crippen LogP contribution in [0.25, 0.3) is 0 Å². The van der Waals surface area contributed by atoms with Gasteiger partial charge in [-0.15, -0.1) is 0 Å². The summed E-state index contributed by atoms with van der Waals surface area (Å²) in [7, 11) is 0. The van der Waals surface area contributed by atoms with Gasteiger partial charge in [0, 0.05) is 6.04 Å². The van der Waals surface area contributed by atoms with Crippen molar-refractivity contribution in [3.05, 3.63) is 0 Å². The lowest BCUT2D eigenvalue weighted by molar-refractivity contribution is 0.348. The van der Waals surface area contributed by atoms with Crippen LogP contribution >= 0.6 is 0 Å². The third kappa shape index (κ3) is 3.38. The number of guanidine groups is 1. The van der Waals surface area contributed by atoms with Crippen molar-refractivity contribution in [3.8, 4) is 0 Å². The molecule has 0 spiro atoms. The summed E-state index contributed by atoms with van der Waals surface area (Å²) >= 11 is 0. The molecule has 2 rings (SSSR count). The summed E-state index contributed by atoms with van der Waals surface area (Å²) < 4.78 is 0. The Bertz CT molecular complexity index is 227. The van der Waals surface area contributed by atoms with Crippen LogP contribution in [0.5, 0.6) is 0 Å². The fraction of sp³-hybridized carbons (Fsp3) is 0.909. The summed E-state index contributed by atoms with van der Waals surface area (Å²) in [4.78, 5) is 4.64. The molecule has 2 aliphatic carbocycles. The molecule has 15 heavy (non-hydrogen) atoms. The van der Waals surface area contributed by atoms with Crippen LogP contribution in [0.1, 0.15) is 45.4 Å². The monoisotopic (exact) mass is 210 g/mol. The van der Waals surface area contributed by atoms with Gasteiger partial charge in [-0.2, -0.15) is 0 Å². The number of nitrogens with zero attached hydrogens (tertiary/aromatic N) is 1. The van der Waals surface area contributed by atoms with E-state index in [0.717, 1.165) is 11.9 Å². The first-order chi connectivity index (χ1) is 7.28. The predicted octanol–water partition coefficient (Wildman–Crippen LogP) is 1.14. The number of rotatable bonds is 2. The van der Waals surface area contributed by atoms with E-state index in [2.05, 4.69) is 22.7 Å². The highest BCUT2D eigenvalue weighted by atomic mass is 15.3. The average Bonchev–Trinajstić information content (AvgIpc) is 3.04. The van der Waals surface area contributed by atoms with Gasteiger partial charge in [-0.25, -0.2) is 10.8 Å². The van der Waals surface area contributed by atoms with E-state index in [0.29, 0.717) is 12.1 Å². The van der Waals surface area contributed by atoms with Crippen molar-refractivity contribution in [1.29, 1.82) is 0 Å². The van der Waals surface area contributed by atoms with E-state index in [1.54, 1.807) is 0 Å². The molecular formula is C11H22N4. The number of nitrogens with one attached hydrogen (secondary N) is 2. The maximum absolute atomic E-state index is 5.45. The van der Waals surface area contributed by atoms with E-state index < -0.39 is 0 Å². The average molecular weight is 210 g/mol. The van der Waals surface area contributed by atoms with Crippen LogP contribution < -0.4 is 16.6 Å². The summed E-state index contributed by atoms with van der Waals surface area (Å²) in [5.41, 5.74) is 2.67. The second-order valence-electron chi connectivity index (χ2n) is 4.95. The second-order valence-corrected chi connectivity index (χ2v) is 4.95. The molecule has 4 N–H and O–H groups in total. The van der Waals surface area contributed by atoms with Crippen molar-refractivity contribution >= 4 is 5.96 Å². The number of nitrogens with two attached hydrogens (primary N) is 1. The van der Waals surface area contributed by atoms with Gasteiger partial charge in [-0.05, 0) is 44.4 Å². The van der Waals surface area contributed by atoms with Crippen LogP contribution in [0.2, 0.25) is 0 Å². The van der Waals surface area contributed by atoms with Crippen LogP contribution in [-0.2, 0) is 0 Å². The van der Waals surface area contributed by atoms with Crippen LogP contribution in [0, 0.1) is 5.92 Å². The zero-order valence-electron chi connectivity index (χ0n) is 9.50. The molecule has 4 nitrogen and oxygen atoms in total. The first kappa shape index (κ1) is 10.7. The third-order valence-corrected chi connectivity index (χ3v) is 3.35. The van der Waals surface area contributed by atoms with Crippen LogP contribution in [0.4, 0.5) is 0 Å². The van der Waals surface area contributed by atoms with Gasteiger partial charge in [0.2, 0.25) is 5.96 Å². The zero-order chi connectivity index (χ0) is 10.7. The smallest absolute Gasteiger partial charge is 0.206 e. The standard InChI is InChI=1S/C11H22N4/c1-8-2-4-9(5-3-8)13-11(15-12)14-10-6-7-10/h8-10H,2-7,12H2,1H3,(H2,13,14,15). The van der Waals surface area contributed by atoms with E-state index in [1.807, 2.05) is 0 Å². The van der Waals surface area contributed by atoms with Crippen molar-refractivity contribution in [2.75, 3.05) is 0 Å². The molecule has 0 aromatic carbocycles. The molecule has 0 aromatic heterocycles. The van der Waals surface area contributed by atoms with Crippen molar-refractivity contribution in [2.45, 2.75) is 57.5 Å². The Kier molecular flexibility index (Phi) is 3.46. The van der Waals surface area contributed by atoms with Gasteiger partial charge in [-0.3, -0.25) is 5.43 Å². The molecule has 0 bridgehead atoms. The van der Waals surface area contributed by atoms with Gasteiger partial charge < -0.3 is 5.32 Å². The summed E-state index contributed by atoms with van der Waals surface area (Å²) in [6, 6.07) is 1.08. The molecule has 0 aliphatic heterocycles. The number of hydrogen-bond acceptors (Lipinski definition) is 2. The third-order valence-electron chi connectivity index (χ3n) is 3.35. The highest BCUT2D eigenvalue weighted by molar-refractivity contribution is 5.79. The number of aliphatic imine (C=N–C) groups is 1. The lowest BCUT2D eigenvalue weighted by atomic mass is 9.88. The maximum Gasteiger partial charge on any atom is 0.206 e. The lowest BCUT2D eigenvalue weighted by Crippen LogP contribution is -2.43. The summed E-state index contributed by atoms with van der Waals surface area (Å²) in [5, 5.41) is 3.31. The molecular weight excluding hydrogens is 188 g/mol. The Morgan fingerprint density at radius 1 is 1.13 bits per heavy atom. The highest BCUT2D eigenvalue weighted by Crippen LogP contribution is 2.25. The molecule has 0 saturated heterocycles. The molecule has 0 amide bonds. The molecule has 0 aromatic rings. The van der Waals surface area contributed by atoms with Gasteiger partial charge in [0.25, 0.3) is 0 Å². The van der Waals surface area contributed by atoms with Crippen molar-refractivity contribution in [2.24, 2.45) is 16.8 Å². The molecule has 2 saturated carbocycles. The normalized spacial score (nSPS) is 32.5. The van der Waals surface area contributed by atoms with Gasteiger partial charge in [-0.1, -0.05) is 6.92 Å². The minimum atomic E-state index is 0.471. The first-order valence-electron chi connectivity index (χ1n) is 6.09. The molecule has 2 aliphatic rings. The van der Waals surface area contributed by atoms with Gasteiger partial charge in [0.15, 0.2) is 0 Å². The topological polar surface area (TPSA) is 62.4 Å². The summed E-state index contributed by atoms with van der Waals surface area (Å²) in [6.07, 6.45) is 7.52. The van der Waals surface area contributed by atoms with Gasteiger partial charge in [0.1, 0.15) is 0 Å². The molecule has 4 heteroatoms. The lowest BCUT2D eigenvalue weighted by Gasteiger charge is -2.24. The van der Waals surface area contributed by atoms with Crippen LogP contribution in [-0.4, -0.2) is 18.0 Å². The van der Waals surface area contributed by atoms with E-state index in [4.69, 9.17) is 5.84 Å². The second kappa shape index (κ2) is 4.84. The Labute approximate surface area is 91.7 Å². The fourth-order valence-electron chi connectivity index (χ4n) is 2.09. The number of hydrogen-bond donors (Lipinski definition) is 3. The van der Waals surface area contributed by atoms with E-state index in [9.17, 15) is 0 Å². The Morgan fingerprint density at radius 3 is 2.33 bits per heavy atom. The van der Waals surface area contributed by atoms with E-state index in [1.165, 1.54) is 38.5 Å².